The van der Waals surface area contributed by atoms with Crippen LogP contribution in [0.2, 0.25) is 0 Å². The third kappa shape index (κ3) is 3.42. The van der Waals surface area contributed by atoms with Crippen molar-refractivity contribution in [1.82, 2.24) is 5.32 Å². The number of hydrogen-bond donors (Lipinski definition) is 2. The molecule has 1 aromatic carbocycles. The van der Waals surface area contributed by atoms with Crippen LogP contribution < -0.4 is 10.6 Å². The van der Waals surface area contributed by atoms with Crippen molar-refractivity contribution in [2.45, 2.75) is 28.8 Å². The minimum absolute atomic E-state index is 0.291. The predicted octanol–water partition coefficient (Wildman–Crippen LogP) is 2.91. The van der Waals surface area contributed by atoms with Crippen molar-refractivity contribution in [3.8, 4) is 0 Å². The van der Waals surface area contributed by atoms with Crippen LogP contribution in [0.25, 0.3) is 0 Å². The first-order valence-electron chi connectivity index (χ1n) is 7.98. The summed E-state index contributed by atoms with van der Waals surface area (Å²) < 4.78 is 25.1. The van der Waals surface area contributed by atoms with Gasteiger partial charge in [-0.25, -0.2) is 8.42 Å². The smallest absolute Gasteiger partial charge is 0.251 e. The number of carbonyl (C=O) groups is 2. The number of thiophene rings is 1. The van der Waals surface area contributed by atoms with Crippen LogP contribution in [0.1, 0.15) is 35.3 Å². The van der Waals surface area contributed by atoms with Crippen LogP contribution in [0.5, 0.6) is 0 Å². The molecule has 1 aliphatic rings. The lowest BCUT2D eigenvalue weighted by Crippen LogP contribution is -2.36. The zero-order chi connectivity index (χ0) is 18.9. The first-order chi connectivity index (χ1) is 12.3. The number of benzene rings is 1. The summed E-state index contributed by atoms with van der Waals surface area (Å²) in [6.07, 6.45) is 1.50. The number of anilines is 1. The minimum atomic E-state index is -3.31. The highest BCUT2D eigenvalue weighted by Gasteiger charge is 2.37. The lowest BCUT2D eigenvalue weighted by molar-refractivity contribution is -0.111. The maximum absolute atomic E-state index is 12.5. The number of rotatable bonds is 4. The Morgan fingerprint density at radius 2 is 1.92 bits per heavy atom. The van der Waals surface area contributed by atoms with Gasteiger partial charge in [0.25, 0.3) is 5.91 Å². The van der Waals surface area contributed by atoms with Gasteiger partial charge in [0.05, 0.1) is 11.3 Å². The Bertz CT molecular complexity index is 961. The molecule has 1 aliphatic heterocycles. The van der Waals surface area contributed by atoms with Crippen LogP contribution >= 0.6 is 11.3 Å². The second-order valence-corrected chi connectivity index (χ2v) is 9.53. The number of amides is 2. The van der Waals surface area contributed by atoms with Gasteiger partial charge in [-0.3, -0.25) is 9.59 Å². The first-order valence-corrected chi connectivity index (χ1v) is 10.4. The summed E-state index contributed by atoms with van der Waals surface area (Å²) in [6, 6.07) is 7.86. The van der Waals surface area contributed by atoms with Crippen molar-refractivity contribution < 1.29 is 18.0 Å². The van der Waals surface area contributed by atoms with Crippen molar-refractivity contribution >= 4 is 38.7 Å². The Balaban J connectivity index is 1.76. The SMILES string of the molecule is C=CC(=O)Nc1ccc(C(=O)N[C@H]2C[C@H](C)S(=O)(=O)c3sccc32)cc1. The normalized spacial score (nSPS) is 20.7. The molecule has 0 bridgehead atoms. The Kier molecular flexibility index (Phi) is 4.97. The monoisotopic (exact) mass is 390 g/mol. The van der Waals surface area contributed by atoms with E-state index in [1.54, 1.807) is 42.6 Å². The van der Waals surface area contributed by atoms with Crippen molar-refractivity contribution in [3.05, 3.63) is 59.5 Å². The van der Waals surface area contributed by atoms with Gasteiger partial charge in [0.15, 0.2) is 9.84 Å². The Labute approximate surface area is 155 Å². The van der Waals surface area contributed by atoms with Gasteiger partial charge in [-0.05, 0) is 55.1 Å². The number of nitrogens with one attached hydrogen (secondary N) is 2. The molecule has 2 amide bonds. The second-order valence-electron chi connectivity index (χ2n) is 6.05. The van der Waals surface area contributed by atoms with Crippen molar-refractivity contribution in [2.24, 2.45) is 0 Å². The van der Waals surface area contributed by atoms with Gasteiger partial charge in [0, 0.05) is 16.8 Å². The van der Waals surface area contributed by atoms with Gasteiger partial charge in [-0.2, -0.15) is 0 Å². The molecule has 2 heterocycles. The third-order valence-corrected chi connectivity index (χ3v) is 8.01. The van der Waals surface area contributed by atoms with E-state index in [1.165, 1.54) is 11.3 Å². The van der Waals surface area contributed by atoms with Crippen LogP contribution in [0.4, 0.5) is 5.69 Å². The maximum Gasteiger partial charge on any atom is 0.251 e. The molecular formula is C18H18N2O4S2. The number of carbonyl (C=O) groups excluding carboxylic acids is 2. The van der Waals surface area contributed by atoms with Crippen LogP contribution in [0.15, 0.2) is 52.6 Å². The van der Waals surface area contributed by atoms with Gasteiger partial charge in [0.1, 0.15) is 4.21 Å². The van der Waals surface area contributed by atoms with E-state index < -0.39 is 15.1 Å². The molecule has 8 heteroatoms. The lowest BCUT2D eigenvalue weighted by atomic mass is 10.0. The van der Waals surface area contributed by atoms with Gasteiger partial charge in [-0.15, -0.1) is 11.3 Å². The molecule has 26 heavy (non-hydrogen) atoms. The van der Waals surface area contributed by atoms with Crippen molar-refractivity contribution in [1.29, 1.82) is 0 Å². The molecule has 2 N–H and O–H groups in total. The lowest BCUT2D eigenvalue weighted by Gasteiger charge is -2.28. The molecule has 0 spiro atoms. The number of sulfone groups is 1. The van der Waals surface area contributed by atoms with Crippen molar-refractivity contribution in [2.75, 3.05) is 5.32 Å². The molecule has 0 aliphatic carbocycles. The summed E-state index contributed by atoms with van der Waals surface area (Å²) in [7, 11) is -3.31. The summed E-state index contributed by atoms with van der Waals surface area (Å²) >= 11 is 1.18. The molecule has 0 saturated heterocycles. The predicted molar refractivity (Wildman–Crippen MR) is 101 cm³/mol. The average Bonchev–Trinajstić information content (AvgIpc) is 3.11. The van der Waals surface area contributed by atoms with Gasteiger partial charge in [0.2, 0.25) is 5.91 Å². The molecule has 0 fully saturated rings. The maximum atomic E-state index is 12.5. The summed E-state index contributed by atoms with van der Waals surface area (Å²) in [6.45, 7) is 5.04. The summed E-state index contributed by atoms with van der Waals surface area (Å²) in [4.78, 5) is 23.8. The fourth-order valence-corrected chi connectivity index (χ4v) is 6.07. The first kappa shape index (κ1) is 18.3. The fourth-order valence-electron chi connectivity index (χ4n) is 2.84. The summed E-state index contributed by atoms with van der Waals surface area (Å²) in [5.74, 6) is -0.621. The molecule has 3 rings (SSSR count). The largest absolute Gasteiger partial charge is 0.345 e. The van der Waals surface area contributed by atoms with E-state index in [0.717, 1.165) is 6.08 Å². The van der Waals surface area contributed by atoms with Gasteiger partial charge in [-0.1, -0.05) is 6.58 Å². The van der Waals surface area contributed by atoms with E-state index in [4.69, 9.17) is 0 Å². The number of hydrogen-bond acceptors (Lipinski definition) is 5. The number of fused-ring (bicyclic) bond motifs is 1. The molecule has 136 valence electrons. The Morgan fingerprint density at radius 1 is 1.23 bits per heavy atom. The minimum Gasteiger partial charge on any atom is -0.345 e. The third-order valence-electron chi connectivity index (χ3n) is 4.29. The van der Waals surface area contributed by atoms with Gasteiger partial charge >= 0.3 is 0 Å². The van der Waals surface area contributed by atoms with Crippen LogP contribution in [-0.4, -0.2) is 25.5 Å². The van der Waals surface area contributed by atoms with Crippen LogP contribution in [0.3, 0.4) is 0 Å². The summed E-state index contributed by atoms with van der Waals surface area (Å²) in [5, 5.41) is 6.71. The highest BCUT2D eigenvalue weighted by atomic mass is 32.2. The van der Waals surface area contributed by atoms with E-state index in [9.17, 15) is 18.0 Å². The zero-order valence-corrected chi connectivity index (χ0v) is 15.7. The zero-order valence-electron chi connectivity index (χ0n) is 14.1. The molecule has 0 saturated carbocycles. The molecule has 0 radical (unpaired) electrons. The topological polar surface area (TPSA) is 92.3 Å². The molecule has 0 unspecified atom stereocenters. The highest BCUT2D eigenvalue weighted by molar-refractivity contribution is 7.94. The van der Waals surface area contributed by atoms with E-state index >= 15 is 0 Å². The summed E-state index contributed by atoms with van der Waals surface area (Å²) in [5.41, 5.74) is 1.64. The Hall–Kier alpha value is -2.45. The second kappa shape index (κ2) is 7.05. The van der Waals surface area contributed by atoms with E-state index in [-0.39, 0.29) is 17.9 Å². The molecule has 1 aromatic heterocycles. The standard InChI is InChI=1S/C18H18N2O4S2/c1-3-16(21)19-13-6-4-12(5-7-13)17(22)20-15-10-11(2)26(23,24)18-14(15)8-9-25-18/h3-9,11,15H,1,10H2,2H3,(H,19,21)(H,20,22)/t11-,15-/m0/s1. The van der Waals surface area contributed by atoms with E-state index in [1.807, 2.05) is 0 Å². The highest BCUT2D eigenvalue weighted by Crippen LogP contribution is 2.39. The Morgan fingerprint density at radius 3 is 2.58 bits per heavy atom. The molecule has 2 aromatic rings. The quantitative estimate of drug-likeness (QED) is 0.785. The van der Waals surface area contributed by atoms with Crippen molar-refractivity contribution in [3.63, 3.8) is 0 Å². The molecule has 2 atom stereocenters. The van der Waals surface area contributed by atoms with Crippen LogP contribution in [-0.2, 0) is 14.6 Å². The van der Waals surface area contributed by atoms with Crippen LogP contribution in [0, 0.1) is 0 Å². The van der Waals surface area contributed by atoms with E-state index in [2.05, 4.69) is 17.2 Å². The fraction of sp³-hybridized carbons (Fsp3) is 0.222. The molecular weight excluding hydrogens is 372 g/mol. The van der Waals surface area contributed by atoms with E-state index in [0.29, 0.717) is 27.4 Å². The molecule has 6 nitrogen and oxygen atoms in total. The van der Waals surface area contributed by atoms with Gasteiger partial charge < -0.3 is 10.6 Å². The average molecular weight is 390 g/mol.